The van der Waals surface area contributed by atoms with Crippen molar-refractivity contribution in [2.24, 2.45) is 5.92 Å². The lowest BCUT2D eigenvalue weighted by atomic mass is 9.79. The lowest BCUT2D eigenvalue weighted by Gasteiger charge is -2.34. The van der Waals surface area contributed by atoms with Crippen molar-refractivity contribution >= 4 is 5.91 Å². The molecule has 0 atom stereocenters. The van der Waals surface area contributed by atoms with Crippen LogP contribution in [0.2, 0.25) is 0 Å². The summed E-state index contributed by atoms with van der Waals surface area (Å²) in [6, 6.07) is 1.50. The van der Waals surface area contributed by atoms with Gasteiger partial charge in [0.15, 0.2) is 0 Å². The number of aromatic nitrogens is 1. The molecule has 2 N–H and O–H groups in total. The molecule has 1 aromatic rings. The normalized spacial score (nSPS) is 28.9. The first kappa shape index (κ1) is 12.1. The molecule has 94 valence electrons. The van der Waals surface area contributed by atoms with E-state index in [0.717, 1.165) is 25.7 Å². The van der Waals surface area contributed by atoms with E-state index in [1.165, 1.54) is 12.3 Å². The van der Waals surface area contributed by atoms with E-state index >= 15 is 0 Å². The molecule has 0 bridgehead atoms. The van der Waals surface area contributed by atoms with Gasteiger partial charge in [0.1, 0.15) is 0 Å². The average Bonchev–Trinajstić information content (AvgIpc) is 2.84. The minimum Gasteiger partial charge on any atom is -0.388 e. The Morgan fingerprint density at radius 2 is 2.35 bits per heavy atom. The number of carbonyl (C=O) groups is 1. The summed E-state index contributed by atoms with van der Waals surface area (Å²) in [5, 5.41) is 16.4. The number of amides is 1. The third-order valence-corrected chi connectivity index (χ3v) is 3.44. The van der Waals surface area contributed by atoms with Gasteiger partial charge in [-0.2, -0.15) is 0 Å². The first-order chi connectivity index (χ1) is 8.09. The van der Waals surface area contributed by atoms with Crippen LogP contribution in [0, 0.1) is 5.92 Å². The van der Waals surface area contributed by atoms with Gasteiger partial charge < -0.3 is 14.9 Å². The molecule has 5 heteroatoms. The van der Waals surface area contributed by atoms with Crippen molar-refractivity contribution < 1.29 is 14.4 Å². The number of nitrogens with one attached hydrogen (secondary N) is 1. The quantitative estimate of drug-likeness (QED) is 0.833. The van der Waals surface area contributed by atoms with Crippen LogP contribution in [0.25, 0.3) is 0 Å². The Labute approximate surface area is 100 Å². The molecule has 0 unspecified atom stereocenters. The van der Waals surface area contributed by atoms with Crippen molar-refractivity contribution in [1.29, 1.82) is 0 Å². The Balaban J connectivity index is 1.83. The maximum absolute atomic E-state index is 11.6. The SMILES string of the molecule is CC1CCC(O)(CNC(=O)c2ccno2)CC1. The lowest BCUT2D eigenvalue weighted by molar-refractivity contribution is -0.00563. The fraction of sp³-hybridized carbons (Fsp3) is 0.667. The number of nitrogens with zero attached hydrogens (tertiary/aromatic N) is 1. The summed E-state index contributed by atoms with van der Waals surface area (Å²) in [5.41, 5.74) is -0.762. The van der Waals surface area contributed by atoms with E-state index in [9.17, 15) is 9.90 Å². The smallest absolute Gasteiger partial charge is 0.289 e. The van der Waals surface area contributed by atoms with Crippen LogP contribution in [-0.2, 0) is 0 Å². The third kappa shape index (κ3) is 3.06. The summed E-state index contributed by atoms with van der Waals surface area (Å²) < 4.78 is 4.74. The summed E-state index contributed by atoms with van der Waals surface area (Å²) >= 11 is 0. The molecule has 17 heavy (non-hydrogen) atoms. The third-order valence-electron chi connectivity index (χ3n) is 3.44. The molecule has 5 nitrogen and oxygen atoms in total. The number of carbonyl (C=O) groups excluding carboxylic acids is 1. The van der Waals surface area contributed by atoms with E-state index in [1.807, 2.05) is 0 Å². The number of hydrogen-bond acceptors (Lipinski definition) is 4. The van der Waals surface area contributed by atoms with Crippen LogP contribution in [0.15, 0.2) is 16.8 Å². The zero-order valence-corrected chi connectivity index (χ0v) is 9.98. The van der Waals surface area contributed by atoms with Crippen LogP contribution in [0.5, 0.6) is 0 Å². The van der Waals surface area contributed by atoms with Crippen LogP contribution in [0.3, 0.4) is 0 Å². The molecule has 0 radical (unpaired) electrons. The fourth-order valence-corrected chi connectivity index (χ4v) is 2.14. The average molecular weight is 238 g/mol. The summed E-state index contributed by atoms with van der Waals surface area (Å²) in [7, 11) is 0. The van der Waals surface area contributed by atoms with Gasteiger partial charge in [0.05, 0.1) is 11.8 Å². The van der Waals surface area contributed by atoms with Crippen molar-refractivity contribution in [3.8, 4) is 0 Å². The van der Waals surface area contributed by atoms with Crippen LogP contribution in [-0.4, -0.2) is 28.3 Å². The van der Waals surface area contributed by atoms with E-state index in [0.29, 0.717) is 5.92 Å². The number of aliphatic hydroxyl groups is 1. The Morgan fingerprint density at radius 3 is 2.94 bits per heavy atom. The second-order valence-corrected chi connectivity index (χ2v) is 4.97. The minimum atomic E-state index is -0.762. The zero-order chi connectivity index (χ0) is 12.3. The van der Waals surface area contributed by atoms with Gasteiger partial charge in [-0.05, 0) is 31.6 Å². The molecule has 1 aromatic heterocycles. The van der Waals surface area contributed by atoms with Crippen molar-refractivity contribution in [3.63, 3.8) is 0 Å². The Hall–Kier alpha value is -1.36. The first-order valence-corrected chi connectivity index (χ1v) is 6.00. The van der Waals surface area contributed by atoms with Crippen molar-refractivity contribution in [3.05, 3.63) is 18.0 Å². The topological polar surface area (TPSA) is 75.4 Å². The van der Waals surface area contributed by atoms with Gasteiger partial charge in [-0.15, -0.1) is 0 Å². The molecule has 1 heterocycles. The first-order valence-electron chi connectivity index (χ1n) is 6.00. The summed E-state index contributed by atoms with van der Waals surface area (Å²) in [6.07, 6.45) is 4.92. The molecule has 1 aliphatic rings. The monoisotopic (exact) mass is 238 g/mol. The van der Waals surface area contributed by atoms with Crippen LogP contribution in [0.4, 0.5) is 0 Å². The molecule has 0 aromatic carbocycles. The van der Waals surface area contributed by atoms with Gasteiger partial charge in [0.2, 0.25) is 5.76 Å². The van der Waals surface area contributed by atoms with Crippen LogP contribution in [0.1, 0.15) is 43.2 Å². The summed E-state index contributed by atoms with van der Waals surface area (Å²) in [4.78, 5) is 11.6. The second kappa shape index (κ2) is 4.87. The highest BCUT2D eigenvalue weighted by atomic mass is 16.5. The van der Waals surface area contributed by atoms with Crippen molar-refractivity contribution in [1.82, 2.24) is 10.5 Å². The molecule has 1 saturated carbocycles. The number of hydrogen-bond donors (Lipinski definition) is 2. The minimum absolute atomic E-state index is 0.178. The van der Waals surface area contributed by atoms with E-state index in [2.05, 4.69) is 17.4 Å². The highest BCUT2D eigenvalue weighted by Gasteiger charge is 2.32. The molecule has 1 fully saturated rings. The van der Waals surface area contributed by atoms with Gasteiger partial charge in [-0.1, -0.05) is 12.1 Å². The highest BCUT2D eigenvalue weighted by molar-refractivity contribution is 5.91. The van der Waals surface area contributed by atoms with E-state index in [1.54, 1.807) is 0 Å². The molecular formula is C12H18N2O3. The van der Waals surface area contributed by atoms with Gasteiger partial charge in [0, 0.05) is 12.6 Å². The number of rotatable bonds is 3. The summed E-state index contributed by atoms with van der Waals surface area (Å²) in [6.45, 7) is 2.46. The standard InChI is InChI=1S/C12H18N2O3/c1-9-2-5-12(16,6-3-9)8-13-11(15)10-4-7-14-17-10/h4,7,9,16H,2-3,5-6,8H2,1H3,(H,13,15). The van der Waals surface area contributed by atoms with Crippen molar-refractivity contribution in [2.75, 3.05) is 6.54 Å². The van der Waals surface area contributed by atoms with Crippen molar-refractivity contribution in [2.45, 2.75) is 38.2 Å². The largest absolute Gasteiger partial charge is 0.388 e. The Kier molecular flexibility index (Phi) is 3.47. The molecular weight excluding hydrogens is 220 g/mol. The predicted octanol–water partition coefficient (Wildman–Crippen LogP) is 1.35. The van der Waals surface area contributed by atoms with E-state index < -0.39 is 5.60 Å². The molecule has 2 rings (SSSR count). The molecule has 0 saturated heterocycles. The molecule has 0 aliphatic heterocycles. The van der Waals surface area contributed by atoms with Gasteiger partial charge in [-0.3, -0.25) is 4.79 Å². The van der Waals surface area contributed by atoms with Gasteiger partial charge in [0.25, 0.3) is 5.91 Å². The van der Waals surface area contributed by atoms with Crippen LogP contribution >= 0.6 is 0 Å². The molecule has 1 aliphatic carbocycles. The zero-order valence-electron chi connectivity index (χ0n) is 9.98. The second-order valence-electron chi connectivity index (χ2n) is 4.97. The molecule has 0 spiro atoms. The van der Waals surface area contributed by atoms with E-state index in [-0.39, 0.29) is 18.2 Å². The highest BCUT2D eigenvalue weighted by Crippen LogP contribution is 2.31. The van der Waals surface area contributed by atoms with Gasteiger partial charge >= 0.3 is 0 Å². The maximum atomic E-state index is 11.6. The van der Waals surface area contributed by atoms with E-state index in [4.69, 9.17) is 4.52 Å². The maximum Gasteiger partial charge on any atom is 0.289 e. The Morgan fingerprint density at radius 1 is 1.65 bits per heavy atom. The fourth-order valence-electron chi connectivity index (χ4n) is 2.14. The van der Waals surface area contributed by atoms with Crippen LogP contribution < -0.4 is 5.32 Å². The molecule has 1 amide bonds. The Bertz CT molecular complexity index is 367. The van der Waals surface area contributed by atoms with Gasteiger partial charge in [-0.25, -0.2) is 0 Å². The summed E-state index contributed by atoms with van der Waals surface area (Å²) in [5.74, 6) is 0.521. The predicted molar refractivity (Wildman–Crippen MR) is 61.4 cm³/mol. The lowest BCUT2D eigenvalue weighted by Crippen LogP contribution is -2.45.